The first-order chi connectivity index (χ1) is 17.3. The van der Waals surface area contributed by atoms with Gasteiger partial charge >= 0.3 is 6.09 Å². The van der Waals surface area contributed by atoms with E-state index in [1.165, 1.54) is 17.0 Å². The van der Waals surface area contributed by atoms with Gasteiger partial charge in [-0.3, -0.25) is 4.79 Å². The van der Waals surface area contributed by atoms with Crippen molar-refractivity contribution in [2.45, 2.75) is 38.4 Å². The smallest absolute Gasteiger partial charge is 0.407 e. The number of anilines is 2. The number of rotatable bonds is 9. The van der Waals surface area contributed by atoms with E-state index in [1.54, 1.807) is 26.8 Å². The van der Waals surface area contributed by atoms with Gasteiger partial charge in [-0.1, -0.05) is 0 Å². The van der Waals surface area contributed by atoms with Crippen LogP contribution in [0, 0.1) is 21.0 Å². The molecule has 0 saturated carbocycles. The molecule has 2 aromatic rings. The van der Waals surface area contributed by atoms with Crippen molar-refractivity contribution in [2.24, 2.45) is 0 Å². The van der Waals surface area contributed by atoms with Gasteiger partial charge < -0.3 is 30.7 Å². The molecule has 0 radical (unpaired) electrons. The van der Waals surface area contributed by atoms with Crippen molar-refractivity contribution in [3.63, 3.8) is 0 Å². The molecule has 12 heteroatoms. The van der Waals surface area contributed by atoms with Gasteiger partial charge in [0.05, 0.1) is 30.0 Å². The Morgan fingerprint density at radius 3 is 2.46 bits per heavy atom. The average Bonchev–Trinajstić information content (AvgIpc) is 2.77. The molecule has 4 N–H and O–H groups in total. The van der Waals surface area contributed by atoms with Gasteiger partial charge in [0.15, 0.2) is 11.6 Å². The number of carbonyl (C=O) groups excluding carboxylic acids is 2. The summed E-state index contributed by atoms with van der Waals surface area (Å²) in [6.07, 6.45) is 0.0897. The summed E-state index contributed by atoms with van der Waals surface area (Å²) in [5.74, 6) is -3.80. The standard InChI is InChI=1S/C25H30F3IN4O4/c1-24(2,3)37-23(35)31-10-4-9-30-12-25(36)13-33(14-25)22(34)16-6-7-17(26)20(28)21(16)32-19-8-5-15(29)11-18(19)27/h5-8,11,30,32,36H,4,9-10,12-14H2,1-3H3,(H,31,35). The van der Waals surface area contributed by atoms with Crippen LogP contribution in [0.1, 0.15) is 37.6 Å². The molecule has 0 unspecified atom stereocenters. The van der Waals surface area contributed by atoms with Crippen LogP contribution < -0.4 is 16.0 Å². The Kier molecular flexibility index (Phi) is 9.29. The minimum absolute atomic E-state index is 0.0225. The third kappa shape index (κ3) is 7.95. The third-order valence-corrected chi connectivity index (χ3v) is 6.10. The number of nitrogens with zero attached hydrogens (tertiary/aromatic N) is 1. The summed E-state index contributed by atoms with van der Waals surface area (Å²) in [4.78, 5) is 25.9. The lowest BCUT2D eigenvalue weighted by molar-refractivity contribution is -0.0784. The number of halogens is 4. The van der Waals surface area contributed by atoms with Crippen molar-refractivity contribution in [1.82, 2.24) is 15.5 Å². The molecule has 1 heterocycles. The molecule has 2 amide bonds. The Hall–Kier alpha value is -2.58. The predicted octanol–water partition coefficient (Wildman–Crippen LogP) is 4.14. The number of hydrogen-bond acceptors (Lipinski definition) is 6. The molecule has 0 aromatic heterocycles. The molecule has 0 spiro atoms. The molecule has 202 valence electrons. The van der Waals surface area contributed by atoms with Crippen LogP contribution in [-0.4, -0.2) is 65.9 Å². The quantitative estimate of drug-likeness (QED) is 0.245. The maximum absolute atomic E-state index is 14.6. The third-order valence-electron chi connectivity index (χ3n) is 5.43. The number of β-amino-alcohol motifs (C(OH)–C–C–N with tert-alkyl or cyclic N) is 1. The first-order valence-corrected chi connectivity index (χ1v) is 12.8. The molecule has 2 aromatic carbocycles. The number of benzene rings is 2. The molecule has 0 aliphatic carbocycles. The highest BCUT2D eigenvalue weighted by Gasteiger charge is 2.44. The van der Waals surface area contributed by atoms with Crippen LogP contribution in [0.15, 0.2) is 30.3 Å². The van der Waals surface area contributed by atoms with E-state index in [2.05, 4.69) is 16.0 Å². The number of aliphatic hydroxyl groups is 1. The zero-order chi connectivity index (χ0) is 27.4. The Morgan fingerprint density at radius 1 is 1.11 bits per heavy atom. The summed E-state index contributed by atoms with van der Waals surface area (Å²) in [6.45, 7) is 6.36. The van der Waals surface area contributed by atoms with E-state index in [9.17, 15) is 27.9 Å². The molecule has 1 aliphatic rings. The van der Waals surface area contributed by atoms with E-state index in [-0.39, 0.29) is 30.9 Å². The van der Waals surface area contributed by atoms with Crippen molar-refractivity contribution in [2.75, 3.05) is 38.0 Å². The summed E-state index contributed by atoms with van der Waals surface area (Å²) in [6, 6.07) is 6.13. The van der Waals surface area contributed by atoms with Crippen molar-refractivity contribution < 1.29 is 32.6 Å². The van der Waals surface area contributed by atoms with Gasteiger partial charge in [-0.15, -0.1) is 0 Å². The van der Waals surface area contributed by atoms with Gasteiger partial charge in [0, 0.05) is 16.7 Å². The fourth-order valence-electron chi connectivity index (χ4n) is 3.71. The van der Waals surface area contributed by atoms with Crippen LogP contribution in [0.4, 0.5) is 29.3 Å². The van der Waals surface area contributed by atoms with Gasteiger partial charge in [0.25, 0.3) is 5.91 Å². The maximum atomic E-state index is 14.6. The number of likely N-dealkylation sites (tertiary alicyclic amines) is 1. The van der Waals surface area contributed by atoms with Gasteiger partial charge in [-0.05, 0) is 86.7 Å². The van der Waals surface area contributed by atoms with E-state index in [0.29, 0.717) is 23.1 Å². The van der Waals surface area contributed by atoms with Gasteiger partial charge in [-0.2, -0.15) is 0 Å². The topological polar surface area (TPSA) is 103 Å². The minimum Gasteiger partial charge on any atom is -0.444 e. The van der Waals surface area contributed by atoms with Gasteiger partial charge in [-0.25, -0.2) is 18.0 Å². The summed E-state index contributed by atoms with van der Waals surface area (Å²) in [7, 11) is 0. The highest BCUT2D eigenvalue weighted by Crippen LogP contribution is 2.31. The van der Waals surface area contributed by atoms with Gasteiger partial charge in [0.1, 0.15) is 17.0 Å². The minimum atomic E-state index is -1.30. The first kappa shape index (κ1) is 29.0. The molecular weight excluding hydrogens is 604 g/mol. The Bertz CT molecular complexity index is 1150. The fraction of sp³-hybridized carbons (Fsp3) is 0.440. The van der Waals surface area contributed by atoms with Crippen molar-refractivity contribution in [1.29, 1.82) is 0 Å². The second-order valence-electron chi connectivity index (χ2n) is 9.88. The van der Waals surface area contributed by atoms with E-state index in [0.717, 1.165) is 12.1 Å². The second-order valence-corrected chi connectivity index (χ2v) is 11.1. The van der Waals surface area contributed by atoms with E-state index >= 15 is 0 Å². The highest BCUT2D eigenvalue weighted by atomic mass is 127. The summed E-state index contributed by atoms with van der Waals surface area (Å²) < 4.78 is 48.6. The molecule has 0 bridgehead atoms. The van der Waals surface area contributed by atoms with Crippen molar-refractivity contribution in [3.8, 4) is 0 Å². The zero-order valence-electron chi connectivity index (χ0n) is 20.8. The van der Waals surface area contributed by atoms with Crippen molar-refractivity contribution >= 4 is 46.0 Å². The highest BCUT2D eigenvalue weighted by molar-refractivity contribution is 14.1. The summed E-state index contributed by atoms with van der Waals surface area (Å²) in [5.41, 5.74) is -2.53. The van der Waals surface area contributed by atoms with E-state index in [1.807, 2.05) is 22.6 Å². The number of hydrogen-bond donors (Lipinski definition) is 4. The second kappa shape index (κ2) is 11.9. The lowest BCUT2D eigenvalue weighted by Gasteiger charge is -2.46. The van der Waals surface area contributed by atoms with E-state index < -0.39 is 46.3 Å². The molecule has 0 atom stereocenters. The SMILES string of the molecule is CC(C)(C)OC(=O)NCCCNCC1(O)CN(C(=O)c2ccc(F)c(F)c2Nc2ccc(I)cc2F)C1. The number of alkyl carbamates (subject to hydrolysis) is 1. The Morgan fingerprint density at radius 2 is 1.81 bits per heavy atom. The van der Waals surface area contributed by atoms with Crippen LogP contribution in [0.25, 0.3) is 0 Å². The van der Waals surface area contributed by atoms with Crippen LogP contribution in [0.2, 0.25) is 0 Å². The average molecular weight is 634 g/mol. The van der Waals surface area contributed by atoms with Crippen molar-refractivity contribution in [3.05, 3.63) is 56.9 Å². The zero-order valence-corrected chi connectivity index (χ0v) is 22.9. The summed E-state index contributed by atoms with van der Waals surface area (Å²) in [5, 5.41) is 18.9. The molecular formula is C25H30F3IN4O4. The predicted molar refractivity (Wildman–Crippen MR) is 141 cm³/mol. The van der Waals surface area contributed by atoms with Crippen LogP contribution >= 0.6 is 22.6 Å². The normalized spacial score (nSPS) is 14.6. The van der Waals surface area contributed by atoms with Crippen LogP contribution in [0.5, 0.6) is 0 Å². The largest absolute Gasteiger partial charge is 0.444 e. The maximum Gasteiger partial charge on any atom is 0.407 e. The molecule has 37 heavy (non-hydrogen) atoms. The number of nitrogens with one attached hydrogen (secondary N) is 3. The van der Waals surface area contributed by atoms with E-state index in [4.69, 9.17) is 4.74 Å². The molecule has 3 rings (SSSR count). The fourth-order valence-corrected chi connectivity index (χ4v) is 4.16. The lowest BCUT2D eigenvalue weighted by Crippen LogP contribution is -2.67. The molecule has 1 saturated heterocycles. The number of amides is 2. The number of ether oxygens (including phenoxy) is 1. The molecule has 1 aliphatic heterocycles. The Balaban J connectivity index is 1.52. The van der Waals surface area contributed by atoms with Gasteiger partial charge in [0.2, 0.25) is 0 Å². The van der Waals surface area contributed by atoms with Crippen LogP contribution in [-0.2, 0) is 4.74 Å². The molecule has 8 nitrogen and oxygen atoms in total. The monoisotopic (exact) mass is 634 g/mol. The number of carbonyl (C=O) groups is 2. The Labute approximate surface area is 227 Å². The van der Waals surface area contributed by atoms with Crippen LogP contribution in [0.3, 0.4) is 0 Å². The molecule has 1 fully saturated rings. The first-order valence-electron chi connectivity index (χ1n) is 11.7. The summed E-state index contributed by atoms with van der Waals surface area (Å²) >= 11 is 1.92. The lowest BCUT2D eigenvalue weighted by atomic mass is 9.92.